The summed E-state index contributed by atoms with van der Waals surface area (Å²) in [6, 6.07) is 9.22. The number of imidazole rings is 1. The smallest absolute Gasteiger partial charge is 0.338 e. The molecule has 1 aliphatic carbocycles. The number of alkyl halides is 3. The number of hydrogen-bond donors (Lipinski definition) is 1. The van der Waals surface area contributed by atoms with Crippen LogP contribution in [0.3, 0.4) is 0 Å². The third kappa shape index (κ3) is 5.15. The Kier molecular flexibility index (Phi) is 6.56. The Bertz CT molecular complexity index is 1090. The molecule has 0 atom stereocenters. The van der Waals surface area contributed by atoms with Crippen LogP contribution in [0.25, 0.3) is 28.2 Å². The Balaban J connectivity index is 0.00000272. The lowest BCUT2D eigenvalue weighted by molar-refractivity contribution is -0.137. The number of aryl methyl sites for hydroxylation is 1. The van der Waals surface area contributed by atoms with E-state index in [-0.39, 0.29) is 18.0 Å². The number of halogens is 4. The Morgan fingerprint density at radius 3 is 2.45 bits per heavy atom. The van der Waals surface area contributed by atoms with Crippen molar-refractivity contribution in [3.8, 4) is 11.1 Å². The molecule has 4 rings (SSSR count). The predicted octanol–water partition coefficient (Wildman–Crippen LogP) is 8.21. The maximum atomic E-state index is 13.4. The van der Waals surface area contributed by atoms with Gasteiger partial charge in [0, 0.05) is 0 Å². The normalized spacial score (nSPS) is 17.2. The SMILES string of the molecule is Cc1cc(-c2ccccc2C(F)(F)F)cc2nc(C=CC3CCC(C)(C)CC3)[nH]c12.Cl. The summed E-state index contributed by atoms with van der Waals surface area (Å²) in [6.45, 7) is 6.55. The molecule has 0 amide bonds. The van der Waals surface area contributed by atoms with Crippen molar-refractivity contribution in [3.63, 3.8) is 0 Å². The van der Waals surface area contributed by atoms with Gasteiger partial charge in [-0.15, -0.1) is 12.4 Å². The number of benzene rings is 2. The first-order chi connectivity index (χ1) is 14.1. The standard InChI is InChI=1S/C25H27F3N2.ClH/c1-16-14-18(19-6-4-5-7-20(19)25(26,27)28)15-21-23(16)30-22(29-21)9-8-17-10-12-24(2,3)13-11-17;/h4-9,14-15,17H,10-13H2,1-3H3,(H,29,30);1H. The summed E-state index contributed by atoms with van der Waals surface area (Å²) in [5.41, 5.74) is 2.96. The Morgan fingerprint density at radius 1 is 1.10 bits per heavy atom. The van der Waals surface area contributed by atoms with Gasteiger partial charge in [0.15, 0.2) is 0 Å². The van der Waals surface area contributed by atoms with Gasteiger partial charge in [0.25, 0.3) is 0 Å². The van der Waals surface area contributed by atoms with Crippen molar-refractivity contribution in [3.05, 3.63) is 59.4 Å². The van der Waals surface area contributed by atoms with E-state index in [1.807, 2.05) is 13.0 Å². The minimum Gasteiger partial charge on any atom is -0.338 e. The van der Waals surface area contributed by atoms with Crippen LogP contribution < -0.4 is 0 Å². The largest absolute Gasteiger partial charge is 0.417 e. The first kappa shape index (κ1) is 23.4. The number of fused-ring (bicyclic) bond motifs is 1. The summed E-state index contributed by atoms with van der Waals surface area (Å²) in [7, 11) is 0. The molecule has 1 fully saturated rings. The quantitative estimate of drug-likeness (QED) is 0.429. The lowest BCUT2D eigenvalue weighted by Gasteiger charge is -2.32. The van der Waals surface area contributed by atoms with Crippen molar-refractivity contribution >= 4 is 29.5 Å². The van der Waals surface area contributed by atoms with E-state index in [0.717, 1.165) is 23.0 Å². The highest BCUT2D eigenvalue weighted by Crippen LogP contribution is 2.39. The van der Waals surface area contributed by atoms with Gasteiger partial charge >= 0.3 is 6.18 Å². The molecule has 0 saturated heterocycles. The van der Waals surface area contributed by atoms with Gasteiger partial charge < -0.3 is 4.98 Å². The average molecular weight is 449 g/mol. The van der Waals surface area contributed by atoms with Gasteiger partial charge in [-0.25, -0.2) is 4.98 Å². The van der Waals surface area contributed by atoms with E-state index in [2.05, 4.69) is 29.9 Å². The van der Waals surface area contributed by atoms with Gasteiger partial charge in [-0.2, -0.15) is 13.2 Å². The molecule has 1 aromatic heterocycles. The fourth-order valence-electron chi connectivity index (χ4n) is 4.36. The van der Waals surface area contributed by atoms with Gasteiger partial charge in [-0.1, -0.05) is 38.1 Å². The first-order valence-corrected chi connectivity index (χ1v) is 10.5. The number of rotatable bonds is 3. The van der Waals surface area contributed by atoms with Crippen LogP contribution in [0.5, 0.6) is 0 Å². The van der Waals surface area contributed by atoms with E-state index in [0.29, 0.717) is 22.4 Å². The molecule has 166 valence electrons. The number of H-pyrrole nitrogens is 1. The first-order valence-electron chi connectivity index (χ1n) is 10.5. The summed E-state index contributed by atoms with van der Waals surface area (Å²) in [5.74, 6) is 1.31. The highest BCUT2D eigenvalue weighted by Gasteiger charge is 2.33. The summed E-state index contributed by atoms with van der Waals surface area (Å²) >= 11 is 0. The zero-order valence-electron chi connectivity index (χ0n) is 18.0. The van der Waals surface area contributed by atoms with Gasteiger partial charge in [-0.05, 0) is 84.9 Å². The maximum Gasteiger partial charge on any atom is 0.417 e. The van der Waals surface area contributed by atoms with Gasteiger partial charge in [-0.3, -0.25) is 0 Å². The van der Waals surface area contributed by atoms with Crippen LogP contribution in [0.1, 0.15) is 56.5 Å². The molecule has 31 heavy (non-hydrogen) atoms. The molecule has 2 aromatic carbocycles. The van der Waals surface area contributed by atoms with Crippen molar-refractivity contribution in [1.82, 2.24) is 9.97 Å². The van der Waals surface area contributed by atoms with Crippen LogP contribution in [0.15, 0.2) is 42.5 Å². The second-order valence-corrected chi connectivity index (χ2v) is 9.21. The van der Waals surface area contributed by atoms with Crippen LogP contribution in [0.2, 0.25) is 0 Å². The molecule has 0 aliphatic heterocycles. The molecular weight excluding hydrogens is 421 g/mol. The molecule has 0 spiro atoms. The van der Waals surface area contributed by atoms with E-state index in [4.69, 9.17) is 0 Å². The predicted molar refractivity (Wildman–Crippen MR) is 123 cm³/mol. The van der Waals surface area contributed by atoms with Crippen molar-refractivity contribution in [2.75, 3.05) is 0 Å². The summed E-state index contributed by atoms with van der Waals surface area (Å²) < 4.78 is 40.3. The van der Waals surface area contributed by atoms with Gasteiger partial charge in [0.05, 0.1) is 16.6 Å². The number of nitrogens with zero attached hydrogens (tertiary/aromatic N) is 1. The summed E-state index contributed by atoms with van der Waals surface area (Å²) in [4.78, 5) is 7.96. The van der Waals surface area contributed by atoms with Crippen molar-refractivity contribution in [2.24, 2.45) is 11.3 Å². The molecule has 2 nitrogen and oxygen atoms in total. The van der Waals surface area contributed by atoms with E-state index < -0.39 is 11.7 Å². The van der Waals surface area contributed by atoms with E-state index >= 15 is 0 Å². The number of aromatic amines is 1. The van der Waals surface area contributed by atoms with Crippen LogP contribution in [-0.2, 0) is 6.18 Å². The van der Waals surface area contributed by atoms with Gasteiger partial charge in [0.2, 0.25) is 0 Å². The minimum atomic E-state index is -4.40. The number of aromatic nitrogens is 2. The monoisotopic (exact) mass is 448 g/mol. The Labute approximate surface area is 187 Å². The van der Waals surface area contributed by atoms with Crippen LogP contribution >= 0.6 is 12.4 Å². The molecule has 1 heterocycles. The summed E-state index contributed by atoms with van der Waals surface area (Å²) in [6.07, 6.45) is 4.66. The number of allylic oxidation sites excluding steroid dienone is 1. The van der Waals surface area contributed by atoms with Crippen molar-refractivity contribution in [2.45, 2.75) is 52.6 Å². The molecule has 1 aliphatic rings. The highest BCUT2D eigenvalue weighted by atomic mass is 35.5. The molecule has 1 N–H and O–H groups in total. The third-order valence-corrected chi connectivity index (χ3v) is 6.26. The topological polar surface area (TPSA) is 28.7 Å². The van der Waals surface area contributed by atoms with E-state index in [1.54, 1.807) is 18.2 Å². The van der Waals surface area contributed by atoms with Crippen molar-refractivity contribution in [1.29, 1.82) is 0 Å². The second-order valence-electron chi connectivity index (χ2n) is 9.21. The van der Waals surface area contributed by atoms with Crippen molar-refractivity contribution < 1.29 is 13.2 Å². The molecular formula is C25H28ClF3N2. The van der Waals surface area contributed by atoms with E-state index in [9.17, 15) is 13.2 Å². The zero-order valence-corrected chi connectivity index (χ0v) is 18.8. The minimum absolute atomic E-state index is 0. The van der Waals surface area contributed by atoms with Crippen LogP contribution in [-0.4, -0.2) is 9.97 Å². The molecule has 6 heteroatoms. The highest BCUT2D eigenvalue weighted by molar-refractivity contribution is 5.86. The Morgan fingerprint density at radius 2 is 1.77 bits per heavy atom. The van der Waals surface area contributed by atoms with Crippen LogP contribution in [0.4, 0.5) is 13.2 Å². The van der Waals surface area contributed by atoms with Gasteiger partial charge in [0.1, 0.15) is 5.82 Å². The molecule has 0 unspecified atom stereocenters. The second kappa shape index (κ2) is 8.70. The van der Waals surface area contributed by atoms with Crippen LogP contribution in [0, 0.1) is 18.3 Å². The number of hydrogen-bond acceptors (Lipinski definition) is 1. The molecule has 0 radical (unpaired) electrons. The molecule has 3 aromatic rings. The maximum absolute atomic E-state index is 13.4. The average Bonchev–Trinajstić information content (AvgIpc) is 3.10. The number of nitrogens with one attached hydrogen (secondary N) is 1. The summed E-state index contributed by atoms with van der Waals surface area (Å²) in [5, 5.41) is 0. The molecule has 1 saturated carbocycles. The lowest BCUT2D eigenvalue weighted by atomic mass is 9.73. The van der Waals surface area contributed by atoms with E-state index in [1.165, 1.54) is 37.8 Å². The lowest BCUT2D eigenvalue weighted by Crippen LogP contribution is -2.20. The Hall–Kier alpha value is -2.27. The zero-order chi connectivity index (χ0) is 21.5. The molecule has 0 bridgehead atoms. The third-order valence-electron chi connectivity index (χ3n) is 6.26. The fraction of sp³-hybridized carbons (Fsp3) is 0.400. The fourth-order valence-corrected chi connectivity index (χ4v) is 4.36.